The highest BCUT2D eigenvalue weighted by atomic mass is 32.2. The monoisotopic (exact) mass is 411 g/mol. The third-order valence-corrected chi connectivity index (χ3v) is 7.38. The molecule has 0 radical (unpaired) electrons. The van der Waals surface area contributed by atoms with E-state index in [0.29, 0.717) is 10.8 Å². The molecule has 5 nitrogen and oxygen atoms in total. The van der Waals surface area contributed by atoms with Crippen molar-refractivity contribution >= 4 is 20.9 Å². The molecule has 1 aliphatic heterocycles. The molecule has 1 saturated heterocycles. The standard InChI is InChI=1S/C23H29N3O2S/c1-18(2)19-8-10-21(11-9-19)29(27,28)26-17-20(22-6-3-4-7-23(22)26)16-25-14-5-12-24-13-15-25/h3-4,6-11,17-18,24H,5,12-16H2,1-2H3. The van der Waals surface area contributed by atoms with E-state index in [-0.39, 0.29) is 0 Å². The Labute approximate surface area is 173 Å². The number of fused-ring (bicyclic) bond motifs is 1. The minimum Gasteiger partial charge on any atom is -0.315 e. The summed E-state index contributed by atoms with van der Waals surface area (Å²) >= 11 is 0. The Balaban J connectivity index is 1.73. The maximum atomic E-state index is 13.4. The summed E-state index contributed by atoms with van der Waals surface area (Å²) in [6.07, 6.45) is 2.92. The van der Waals surface area contributed by atoms with Crippen molar-refractivity contribution in [1.82, 2.24) is 14.2 Å². The summed E-state index contributed by atoms with van der Waals surface area (Å²) in [6, 6.07) is 15.1. The number of aromatic nitrogens is 1. The van der Waals surface area contributed by atoms with Gasteiger partial charge in [0.2, 0.25) is 0 Å². The molecule has 3 aromatic rings. The van der Waals surface area contributed by atoms with Gasteiger partial charge in [-0.3, -0.25) is 4.90 Å². The van der Waals surface area contributed by atoms with Crippen molar-refractivity contribution in [3.63, 3.8) is 0 Å². The molecule has 0 saturated carbocycles. The van der Waals surface area contributed by atoms with Crippen LogP contribution in [0.2, 0.25) is 0 Å². The van der Waals surface area contributed by atoms with Crippen LogP contribution in [0.25, 0.3) is 10.9 Å². The van der Waals surface area contributed by atoms with E-state index in [4.69, 9.17) is 0 Å². The molecule has 2 heterocycles. The van der Waals surface area contributed by atoms with E-state index >= 15 is 0 Å². The number of hydrogen-bond acceptors (Lipinski definition) is 4. The molecule has 0 atom stereocenters. The van der Waals surface area contributed by atoms with Gasteiger partial charge in [-0.05, 0) is 54.8 Å². The highest BCUT2D eigenvalue weighted by molar-refractivity contribution is 7.90. The summed E-state index contributed by atoms with van der Waals surface area (Å²) in [5.74, 6) is 0.369. The van der Waals surface area contributed by atoms with Gasteiger partial charge in [-0.2, -0.15) is 0 Å². The fourth-order valence-electron chi connectivity index (χ4n) is 3.98. The SMILES string of the molecule is CC(C)c1ccc(S(=O)(=O)n2cc(CN3CCCNCC3)c3ccccc32)cc1. The van der Waals surface area contributed by atoms with Crippen molar-refractivity contribution in [1.29, 1.82) is 0 Å². The highest BCUT2D eigenvalue weighted by Gasteiger charge is 2.22. The van der Waals surface area contributed by atoms with Gasteiger partial charge in [-0.15, -0.1) is 0 Å². The molecule has 0 amide bonds. The van der Waals surface area contributed by atoms with E-state index in [2.05, 4.69) is 24.1 Å². The average Bonchev–Trinajstić information content (AvgIpc) is 2.90. The van der Waals surface area contributed by atoms with Gasteiger partial charge < -0.3 is 5.32 Å². The number of para-hydroxylation sites is 1. The lowest BCUT2D eigenvalue weighted by Crippen LogP contribution is -2.27. The van der Waals surface area contributed by atoms with Crippen LogP contribution in [0.1, 0.15) is 37.3 Å². The number of benzene rings is 2. The first kappa shape index (κ1) is 20.1. The van der Waals surface area contributed by atoms with E-state index < -0.39 is 10.0 Å². The van der Waals surface area contributed by atoms with Crippen LogP contribution in [0.4, 0.5) is 0 Å². The third-order valence-electron chi connectivity index (χ3n) is 5.69. The van der Waals surface area contributed by atoms with Crippen LogP contribution >= 0.6 is 0 Å². The van der Waals surface area contributed by atoms with Crippen molar-refractivity contribution in [3.05, 3.63) is 65.9 Å². The summed E-state index contributed by atoms with van der Waals surface area (Å²) in [6.45, 7) is 8.98. The van der Waals surface area contributed by atoms with Crippen molar-refractivity contribution in [2.24, 2.45) is 0 Å². The fourth-order valence-corrected chi connectivity index (χ4v) is 5.37. The Kier molecular flexibility index (Phi) is 5.76. The minimum atomic E-state index is -3.65. The van der Waals surface area contributed by atoms with E-state index in [1.807, 2.05) is 42.6 Å². The molecular formula is C23H29N3O2S. The molecule has 0 spiro atoms. The van der Waals surface area contributed by atoms with Gasteiger partial charge >= 0.3 is 0 Å². The molecule has 154 valence electrons. The Morgan fingerprint density at radius 3 is 2.52 bits per heavy atom. The molecule has 1 N–H and O–H groups in total. The van der Waals surface area contributed by atoms with Gasteiger partial charge in [0.05, 0.1) is 10.4 Å². The zero-order valence-electron chi connectivity index (χ0n) is 17.1. The number of nitrogens with zero attached hydrogens (tertiary/aromatic N) is 2. The average molecular weight is 412 g/mol. The zero-order chi connectivity index (χ0) is 20.4. The number of rotatable bonds is 5. The molecule has 0 bridgehead atoms. The van der Waals surface area contributed by atoms with Crippen LogP contribution in [-0.2, 0) is 16.6 Å². The second kappa shape index (κ2) is 8.30. The zero-order valence-corrected chi connectivity index (χ0v) is 18.0. The normalized spacial score (nSPS) is 16.4. The van der Waals surface area contributed by atoms with E-state index in [1.165, 1.54) is 3.97 Å². The first-order valence-electron chi connectivity index (χ1n) is 10.3. The predicted molar refractivity (Wildman–Crippen MR) is 118 cm³/mol. The van der Waals surface area contributed by atoms with Crippen LogP contribution < -0.4 is 5.32 Å². The molecule has 0 aliphatic carbocycles. The predicted octanol–water partition coefficient (Wildman–Crippen LogP) is 3.80. The number of nitrogens with one attached hydrogen (secondary N) is 1. The van der Waals surface area contributed by atoms with Crippen LogP contribution in [0, 0.1) is 0 Å². The Bertz CT molecular complexity index is 1080. The van der Waals surface area contributed by atoms with Crippen molar-refractivity contribution < 1.29 is 8.42 Å². The van der Waals surface area contributed by atoms with Gasteiger partial charge in [-0.1, -0.05) is 44.2 Å². The number of hydrogen-bond donors (Lipinski definition) is 1. The molecule has 1 fully saturated rings. The molecule has 2 aromatic carbocycles. The van der Waals surface area contributed by atoms with Gasteiger partial charge in [0.1, 0.15) is 0 Å². The summed E-state index contributed by atoms with van der Waals surface area (Å²) in [5, 5.41) is 4.43. The lowest BCUT2D eigenvalue weighted by molar-refractivity contribution is 0.285. The van der Waals surface area contributed by atoms with Crippen molar-refractivity contribution in [3.8, 4) is 0 Å². The van der Waals surface area contributed by atoms with Crippen molar-refractivity contribution in [2.75, 3.05) is 26.2 Å². The molecule has 6 heteroatoms. The fraction of sp³-hybridized carbons (Fsp3) is 0.391. The van der Waals surface area contributed by atoms with Crippen LogP contribution in [0.15, 0.2) is 59.6 Å². The van der Waals surface area contributed by atoms with Gasteiger partial charge in [0, 0.05) is 31.2 Å². The topological polar surface area (TPSA) is 54.3 Å². The molecule has 0 unspecified atom stereocenters. The van der Waals surface area contributed by atoms with Crippen LogP contribution in [-0.4, -0.2) is 43.5 Å². The summed E-state index contributed by atoms with van der Waals surface area (Å²) in [7, 11) is -3.65. The molecule has 1 aromatic heterocycles. The van der Waals surface area contributed by atoms with Gasteiger partial charge in [0.25, 0.3) is 10.0 Å². The first-order chi connectivity index (χ1) is 14.0. The smallest absolute Gasteiger partial charge is 0.268 e. The second-order valence-electron chi connectivity index (χ2n) is 8.08. The molecule has 1 aliphatic rings. The van der Waals surface area contributed by atoms with Crippen LogP contribution in [0.5, 0.6) is 0 Å². The lowest BCUT2D eigenvalue weighted by Gasteiger charge is -2.18. The Morgan fingerprint density at radius 1 is 1.00 bits per heavy atom. The lowest BCUT2D eigenvalue weighted by atomic mass is 10.0. The third kappa shape index (κ3) is 4.10. The second-order valence-corrected chi connectivity index (χ2v) is 9.89. The molecule has 4 rings (SSSR count). The Hall–Kier alpha value is -2.15. The van der Waals surface area contributed by atoms with E-state index in [0.717, 1.165) is 61.2 Å². The van der Waals surface area contributed by atoms with Crippen molar-refractivity contribution in [2.45, 2.75) is 37.6 Å². The summed E-state index contributed by atoms with van der Waals surface area (Å²) in [5.41, 5.74) is 2.94. The first-order valence-corrected chi connectivity index (χ1v) is 11.8. The van der Waals surface area contributed by atoms with E-state index in [9.17, 15) is 8.42 Å². The minimum absolute atomic E-state index is 0.327. The largest absolute Gasteiger partial charge is 0.315 e. The quantitative estimate of drug-likeness (QED) is 0.694. The van der Waals surface area contributed by atoms with Crippen LogP contribution in [0.3, 0.4) is 0 Å². The summed E-state index contributed by atoms with van der Waals surface area (Å²) in [4.78, 5) is 2.73. The van der Waals surface area contributed by atoms with Gasteiger partial charge in [0.15, 0.2) is 0 Å². The molecular weight excluding hydrogens is 382 g/mol. The maximum absolute atomic E-state index is 13.4. The Morgan fingerprint density at radius 2 is 1.76 bits per heavy atom. The summed E-state index contributed by atoms with van der Waals surface area (Å²) < 4.78 is 28.3. The maximum Gasteiger partial charge on any atom is 0.268 e. The van der Waals surface area contributed by atoms with E-state index in [1.54, 1.807) is 12.1 Å². The molecule has 29 heavy (non-hydrogen) atoms. The highest BCUT2D eigenvalue weighted by Crippen LogP contribution is 2.28. The van der Waals surface area contributed by atoms with Gasteiger partial charge in [-0.25, -0.2) is 12.4 Å².